The SMILES string of the molecule is CCOc1ccccc1OCCNCCCCc1ccccc1. The van der Waals surface area contributed by atoms with Crippen molar-refractivity contribution in [3.8, 4) is 11.5 Å². The van der Waals surface area contributed by atoms with Gasteiger partial charge in [0, 0.05) is 6.54 Å². The number of rotatable bonds is 11. The first-order valence-electron chi connectivity index (χ1n) is 8.49. The summed E-state index contributed by atoms with van der Waals surface area (Å²) in [7, 11) is 0. The molecule has 2 aromatic rings. The summed E-state index contributed by atoms with van der Waals surface area (Å²) in [5, 5.41) is 3.43. The summed E-state index contributed by atoms with van der Waals surface area (Å²) >= 11 is 0. The molecule has 0 amide bonds. The van der Waals surface area contributed by atoms with Crippen LogP contribution in [0, 0.1) is 0 Å². The van der Waals surface area contributed by atoms with Gasteiger partial charge < -0.3 is 14.8 Å². The van der Waals surface area contributed by atoms with Gasteiger partial charge >= 0.3 is 0 Å². The Morgan fingerprint density at radius 2 is 1.48 bits per heavy atom. The van der Waals surface area contributed by atoms with Crippen LogP contribution in [0.5, 0.6) is 11.5 Å². The first-order valence-corrected chi connectivity index (χ1v) is 8.49. The van der Waals surface area contributed by atoms with E-state index in [-0.39, 0.29) is 0 Å². The number of ether oxygens (including phenoxy) is 2. The Hall–Kier alpha value is -2.00. The van der Waals surface area contributed by atoms with Gasteiger partial charge in [0.2, 0.25) is 0 Å². The predicted molar refractivity (Wildman–Crippen MR) is 95.4 cm³/mol. The van der Waals surface area contributed by atoms with E-state index >= 15 is 0 Å². The third kappa shape index (κ3) is 6.74. The van der Waals surface area contributed by atoms with Crippen molar-refractivity contribution >= 4 is 0 Å². The van der Waals surface area contributed by atoms with E-state index in [1.807, 2.05) is 31.2 Å². The zero-order valence-electron chi connectivity index (χ0n) is 14.0. The Balaban J connectivity index is 1.53. The van der Waals surface area contributed by atoms with E-state index in [4.69, 9.17) is 9.47 Å². The molecule has 0 fully saturated rings. The number of hydrogen-bond donors (Lipinski definition) is 1. The van der Waals surface area contributed by atoms with Crippen molar-refractivity contribution in [3.63, 3.8) is 0 Å². The average molecular weight is 313 g/mol. The van der Waals surface area contributed by atoms with Gasteiger partial charge in [0.05, 0.1) is 6.61 Å². The molecule has 3 nitrogen and oxygen atoms in total. The molecule has 1 N–H and O–H groups in total. The van der Waals surface area contributed by atoms with Crippen molar-refractivity contribution in [1.29, 1.82) is 0 Å². The van der Waals surface area contributed by atoms with Gasteiger partial charge in [-0.25, -0.2) is 0 Å². The summed E-state index contributed by atoms with van der Waals surface area (Å²) in [4.78, 5) is 0. The molecule has 0 atom stereocenters. The minimum Gasteiger partial charge on any atom is -0.490 e. The van der Waals surface area contributed by atoms with Crippen LogP contribution in [0.1, 0.15) is 25.3 Å². The van der Waals surface area contributed by atoms with Crippen LogP contribution in [0.25, 0.3) is 0 Å². The Morgan fingerprint density at radius 3 is 2.22 bits per heavy atom. The molecule has 0 aliphatic carbocycles. The molecular formula is C20H27NO2. The lowest BCUT2D eigenvalue weighted by molar-refractivity contribution is 0.276. The zero-order valence-corrected chi connectivity index (χ0v) is 14.0. The summed E-state index contributed by atoms with van der Waals surface area (Å²) in [5.41, 5.74) is 1.42. The van der Waals surface area contributed by atoms with Gasteiger partial charge in [0.25, 0.3) is 0 Å². The third-order valence-corrected chi connectivity index (χ3v) is 3.60. The van der Waals surface area contributed by atoms with E-state index in [0.29, 0.717) is 13.2 Å². The van der Waals surface area contributed by atoms with Crippen molar-refractivity contribution < 1.29 is 9.47 Å². The molecule has 0 saturated heterocycles. The highest BCUT2D eigenvalue weighted by atomic mass is 16.5. The Morgan fingerprint density at radius 1 is 0.783 bits per heavy atom. The molecule has 2 rings (SSSR count). The molecule has 3 heteroatoms. The zero-order chi connectivity index (χ0) is 16.2. The highest BCUT2D eigenvalue weighted by Crippen LogP contribution is 2.25. The van der Waals surface area contributed by atoms with Crippen molar-refractivity contribution in [2.24, 2.45) is 0 Å². The smallest absolute Gasteiger partial charge is 0.161 e. The van der Waals surface area contributed by atoms with Crippen LogP contribution in [0.3, 0.4) is 0 Å². The van der Waals surface area contributed by atoms with E-state index in [2.05, 4.69) is 35.6 Å². The fraction of sp³-hybridized carbons (Fsp3) is 0.400. The first kappa shape index (κ1) is 17.4. The topological polar surface area (TPSA) is 30.5 Å². The minimum absolute atomic E-state index is 0.653. The highest BCUT2D eigenvalue weighted by molar-refractivity contribution is 5.39. The van der Waals surface area contributed by atoms with Crippen LogP contribution < -0.4 is 14.8 Å². The van der Waals surface area contributed by atoms with Gasteiger partial charge in [0.15, 0.2) is 11.5 Å². The van der Waals surface area contributed by atoms with Gasteiger partial charge in [-0.2, -0.15) is 0 Å². The second-order valence-corrected chi connectivity index (χ2v) is 5.42. The normalized spacial score (nSPS) is 10.5. The fourth-order valence-electron chi connectivity index (χ4n) is 2.43. The number of unbranched alkanes of at least 4 members (excludes halogenated alkanes) is 1. The lowest BCUT2D eigenvalue weighted by atomic mass is 10.1. The largest absolute Gasteiger partial charge is 0.490 e. The molecule has 2 aromatic carbocycles. The Labute approximate surface area is 139 Å². The molecule has 0 bridgehead atoms. The number of aryl methyl sites for hydroxylation is 1. The Bertz CT molecular complexity index is 542. The molecule has 0 saturated carbocycles. The van der Waals surface area contributed by atoms with Gasteiger partial charge in [-0.05, 0) is 50.4 Å². The standard InChI is InChI=1S/C20H27NO2/c1-2-22-19-13-6-7-14-20(19)23-17-16-21-15-9-8-12-18-10-4-3-5-11-18/h3-7,10-11,13-14,21H,2,8-9,12,15-17H2,1H3. The van der Waals surface area contributed by atoms with E-state index < -0.39 is 0 Å². The first-order chi connectivity index (χ1) is 11.4. The van der Waals surface area contributed by atoms with Gasteiger partial charge in [0.1, 0.15) is 6.61 Å². The van der Waals surface area contributed by atoms with Gasteiger partial charge in [-0.15, -0.1) is 0 Å². The van der Waals surface area contributed by atoms with E-state index in [1.165, 1.54) is 18.4 Å². The molecule has 0 heterocycles. The molecule has 124 valence electrons. The van der Waals surface area contributed by atoms with Crippen LogP contribution >= 0.6 is 0 Å². The second kappa shape index (κ2) is 10.7. The van der Waals surface area contributed by atoms with Crippen LogP contribution in [-0.4, -0.2) is 26.3 Å². The van der Waals surface area contributed by atoms with Crippen molar-refractivity contribution in [2.75, 3.05) is 26.3 Å². The van der Waals surface area contributed by atoms with Crippen LogP contribution in [0.2, 0.25) is 0 Å². The molecule has 0 aliphatic rings. The van der Waals surface area contributed by atoms with Crippen molar-refractivity contribution in [3.05, 3.63) is 60.2 Å². The number of benzene rings is 2. The Kier molecular flexibility index (Phi) is 8.06. The highest BCUT2D eigenvalue weighted by Gasteiger charge is 2.02. The molecule has 23 heavy (non-hydrogen) atoms. The van der Waals surface area contributed by atoms with E-state index in [0.717, 1.165) is 31.0 Å². The van der Waals surface area contributed by atoms with E-state index in [9.17, 15) is 0 Å². The summed E-state index contributed by atoms with van der Waals surface area (Å²) in [6.07, 6.45) is 3.55. The maximum absolute atomic E-state index is 5.78. The molecular weight excluding hydrogens is 286 g/mol. The third-order valence-electron chi connectivity index (χ3n) is 3.60. The van der Waals surface area contributed by atoms with Crippen molar-refractivity contribution in [2.45, 2.75) is 26.2 Å². The monoisotopic (exact) mass is 313 g/mol. The molecule has 0 radical (unpaired) electrons. The molecule has 0 aliphatic heterocycles. The fourth-order valence-corrected chi connectivity index (χ4v) is 2.43. The second-order valence-electron chi connectivity index (χ2n) is 5.42. The number of hydrogen-bond acceptors (Lipinski definition) is 3. The lowest BCUT2D eigenvalue weighted by Crippen LogP contribution is -2.22. The minimum atomic E-state index is 0.653. The number of nitrogens with one attached hydrogen (secondary N) is 1. The van der Waals surface area contributed by atoms with Crippen LogP contribution in [0.15, 0.2) is 54.6 Å². The molecule has 0 unspecified atom stereocenters. The maximum atomic E-state index is 5.78. The summed E-state index contributed by atoms with van der Waals surface area (Å²) in [6, 6.07) is 18.5. The number of para-hydroxylation sites is 2. The summed E-state index contributed by atoms with van der Waals surface area (Å²) in [5.74, 6) is 1.64. The maximum Gasteiger partial charge on any atom is 0.161 e. The van der Waals surface area contributed by atoms with Gasteiger partial charge in [-0.1, -0.05) is 42.5 Å². The summed E-state index contributed by atoms with van der Waals surface area (Å²) < 4.78 is 11.3. The quantitative estimate of drug-likeness (QED) is 0.634. The molecule has 0 aromatic heterocycles. The van der Waals surface area contributed by atoms with E-state index in [1.54, 1.807) is 0 Å². The van der Waals surface area contributed by atoms with Crippen LogP contribution in [0.4, 0.5) is 0 Å². The molecule has 0 spiro atoms. The lowest BCUT2D eigenvalue weighted by Gasteiger charge is -2.12. The summed E-state index contributed by atoms with van der Waals surface area (Å²) in [6.45, 7) is 5.17. The predicted octanol–water partition coefficient (Wildman–Crippen LogP) is 4.08. The van der Waals surface area contributed by atoms with Crippen molar-refractivity contribution in [1.82, 2.24) is 5.32 Å². The van der Waals surface area contributed by atoms with Gasteiger partial charge in [-0.3, -0.25) is 0 Å². The average Bonchev–Trinajstić information content (AvgIpc) is 2.60. The van der Waals surface area contributed by atoms with Crippen LogP contribution in [-0.2, 0) is 6.42 Å².